The second kappa shape index (κ2) is 6.91. The van der Waals surface area contributed by atoms with Gasteiger partial charge in [0.05, 0.1) is 18.0 Å². The predicted molar refractivity (Wildman–Crippen MR) is 83.0 cm³/mol. The first-order valence-electron chi connectivity index (χ1n) is 8.08. The van der Waals surface area contributed by atoms with E-state index in [1.165, 1.54) is 0 Å². The van der Waals surface area contributed by atoms with Crippen molar-refractivity contribution in [1.82, 2.24) is 14.3 Å². The number of aromatic nitrogens is 2. The van der Waals surface area contributed by atoms with E-state index in [1.807, 2.05) is 0 Å². The van der Waals surface area contributed by atoms with Crippen molar-refractivity contribution in [2.75, 3.05) is 13.1 Å². The van der Waals surface area contributed by atoms with Gasteiger partial charge in [-0.25, -0.2) is 13.4 Å². The molecule has 1 aliphatic carbocycles. The van der Waals surface area contributed by atoms with Gasteiger partial charge in [-0.1, -0.05) is 19.3 Å². The molecule has 0 amide bonds. The van der Waals surface area contributed by atoms with Crippen molar-refractivity contribution in [3.63, 3.8) is 0 Å². The van der Waals surface area contributed by atoms with E-state index in [4.69, 9.17) is 4.74 Å². The maximum atomic E-state index is 12.8. The number of ether oxygens (including phenoxy) is 1. The molecule has 22 heavy (non-hydrogen) atoms. The second-order valence-corrected chi connectivity index (χ2v) is 8.30. The third kappa shape index (κ3) is 3.57. The fraction of sp³-hybridized carbons (Fsp3) is 0.733. The van der Waals surface area contributed by atoms with E-state index in [0.29, 0.717) is 19.0 Å². The summed E-state index contributed by atoms with van der Waals surface area (Å²) in [5.41, 5.74) is 0. The van der Waals surface area contributed by atoms with E-state index in [2.05, 4.69) is 9.97 Å². The van der Waals surface area contributed by atoms with Crippen molar-refractivity contribution in [2.45, 2.75) is 56.3 Å². The maximum absolute atomic E-state index is 12.8. The first-order valence-corrected chi connectivity index (χ1v) is 9.58. The molecule has 7 heteroatoms. The molecule has 1 aliphatic heterocycles. The van der Waals surface area contributed by atoms with Crippen LogP contribution in [0.15, 0.2) is 18.6 Å². The summed E-state index contributed by atoms with van der Waals surface area (Å²) in [4.78, 5) is 8.07. The smallest absolute Gasteiger partial charge is 0.232 e. The van der Waals surface area contributed by atoms with Crippen LogP contribution in [-0.4, -0.2) is 47.1 Å². The minimum atomic E-state index is -3.19. The molecule has 1 saturated heterocycles. The quantitative estimate of drug-likeness (QED) is 0.846. The van der Waals surface area contributed by atoms with Crippen LogP contribution in [0, 0.1) is 0 Å². The van der Waals surface area contributed by atoms with Gasteiger partial charge in [-0.15, -0.1) is 0 Å². The zero-order chi connectivity index (χ0) is 15.4. The molecule has 1 aromatic rings. The number of hydrogen-bond donors (Lipinski definition) is 0. The van der Waals surface area contributed by atoms with Crippen LogP contribution < -0.4 is 4.74 Å². The van der Waals surface area contributed by atoms with Crippen LogP contribution in [0.1, 0.15) is 44.9 Å². The van der Waals surface area contributed by atoms with E-state index < -0.39 is 10.0 Å². The number of nitrogens with zero attached hydrogens (tertiary/aromatic N) is 3. The molecule has 2 fully saturated rings. The maximum Gasteiger partial charge on any atom is 0.232 e. The summed E-state index contributed by atoms with van der Waals surface area (Å²) in [6.07, 6.45) is 11.1. The molecule has 0 bridgehead atoms. The molecule has 0 N–H and O–H groups in total. The highest BCUT2D eigenvalue weighted by Crippen LogP contribution is 2.28. The summed E-state index contributed by atoms with van der Waals surface area (Å²) in [6, 6.07) is 0. The third-order valence-corrected chi connectivity index (χ3v) is 6.87. The zero-order valence-electron chi connectivity index (χ0n) is 12.7. The average molecular weight is 325 g/mol. The first-order chi connectivity index (χ1) is 10.7. The Balaban J connectivity index is 1.64. The molecule has 1 unspecified atom stereocenters. The van der Waals surface area contributed by atoms with Crippen molar-refractivity contribution < 1.29 is 13.2 Å². The Labute approximate surface area is 132 Å². The molecule has 2 aliphatic rings. The highest BCUT2D eigenvalue weighted by Gasteiger charge is 2.36. The SMILES string of the molecule is O=S(=O)(C1CCCCC1)N1CCCC(Oc2cnccn2)C1. The summed E-state index contributed by atoms with van der Waals surface area (Å²) in [7, 11) is -3.19. The van der Waals surface area contributed by atoms with Gasteiger partial charge in [-0.3, -0.25) is 4.98 Å². The normalized spacial score (nSPS) is 25.0. The van der Waals surface area contributed by atoms with Crippen molar-refractivity contribution in [3.05, 3.63) is 18.6 Å². The van der Waals surface area contributed by atoms with Gasteiger partial charge in [0.1, 0.15) is 6.10 Å². The van der Waals surface area contributed by atoms with Crippen LogP contribution >= 0.6 is 0 Å². The largest absolute Gasteiger partial charge is 0.472 e. The van der Waals surface area contributed by atoms with Crippen LogP contribution in [-0.2, 0) is 10.0 Å². The molecule has 122 valence electrons. The minimum Gasteiger partial charge on any atom is -0.472 e. The highest BCUT2D eigenvalue weighted by atomic mass is 32.2. The molecule has 0 spiro atoms. The molecule has 3 rings (SSSR count). The second-order valence-electron chi connectivity index (χ2n) is 6.09. The monoisotopic (exact) mass is 325 g/mol. The minimum absolute atomic E-state index is 0.135. The lowest BCUT2D eigenvalue weighted by atomic mass is 10.0. The summed E-state index contributed by atoms with van der Waals surface area (Å²) in [6.45, 7) is 1.04. The Bertz CT molecular complexity index is 573. The third-order valence-electron chi connectivity index (χ3n) is 4.50. The Kier molecular flexibility index (Phi) is 4.93. The van der Waals surface area contributed by atoms with Gasteiger partial charge in [0.25, 0.3) is 0 Å². The van der Waals surface area contributed by atoms with Crippen molar-refractivity contribution in [3.8, 4) is 5.88 Å². The number of rotatable bonds is 4. The van der Waals surface area contributed by atoms with E-state index in [0.717, 1.165) is 44.9 Å². The summed E-state index contributed by atoms with van der Waals surface area (Å²) in [5.74, 6) is 0.462. The number of piperidine rings is 1. The number of hydrogen-bond acceptors (Lipinski definition) is 5. The molecule has 1 aromatic heterocycles. The zero-order valence-corrected chi connectivity index (χ0v) is 13.5. The molecular formula is C15H23N3O3S. The molecule has 1 atom stereocenters. The van der Waals surface area contributed by atoms with E-state index >= 15 is 0 Å². The van der Waals surface area contributed by atoms with Gasteiger partial charge in [-0.05, 0) is 25.7 Å². The lowest BCUT2D eigenvalue weighted by Gasteiger charge is -2.35. The van der Waals surface area contributed by atoms with Crippen LogP contribution in [0.3, 0.4) is 0 Å². The molecule has 1 saturated carbocycles. The fourth-order valence-electron chi connectivity index (χ4n) is 3.32. The van der Waals surface area contributed by atoms with Crippen LogP contribution in [0.5, 0.6) is 5.88 Å². The first kappa shape index (κ1) is 15.7. The topological polar surface area (TPSA) is 72.4 Å². The summed E-state index contributed by atoms with van der Waals surface area (Å²) < 4.78 is 33.0. The molecule has 2 heterocycles. The van der Waals surface area contributed by atoms with Gasteiger partial charge < -0.3 is 4.74 Å². The molecule has 0 radical (unpaired) electrons. The number of sulfonamides is 1. The Hall–Kier alpha value is -1.21. The lowest BCUT2D eigenvalue weighted by Crippen LogP contribution is -2.48. The molecule has 6 nitrogen and oxygen atoms in total. The van der Waals surface area contributed by atoms with Crippen LogP contribution in [0.4, 0.5) is 0 Å². The van der Waals surface area contributed by atoms with Gasteiger partial charge in [0, 0.05) is 18.9 Å². The standard InChI is InChI=1S/C15H23N3O3S/c19-22(20,14-6-2-1-3-7-14)18-10-4-5-13(12-18)21-15-11-16-8-9-17-15/h8-9,11,13-14H,1-7,10,12H2. The van der Waals surface area contributed by atoms with Crippen molar-refractivity contribution in [1.29, 1.82) is 0 Å². The Morgan fingerprint density at radius 1 is 1.09 bits per heavy atom. The van der Waals surface area contributed by atoms with Crippen LogP contribution in [0.2, 0.25) is 0 Å². The van der Waals surface area contributed by atoms with E-state index in [1.54, 1.807) is 22.9 Å². The fourth-order valence-corrected chi connectivity index (χ4v) is 5.43. The lowest BCUT2D eigenvalue weighted by molar-refractivity contribution is 0.123. The summed E-state index contributed by atoms with van der Waals surface area (Å²) in [5, 5.41) is -0.198. The van der Waals surface area contributed by atoms with Gasteiger partial charge >= 0.3 is 0 Å². The molecule has 0 aromatic carbocycles. The van der Waals surface area contributed by atoms with Gasteiger partial charge in [0.15, 0.2) is 0 Å². The Morgan fingerprint density at radius 2 is 1.91 bits per heavy atom. The average Bonchev–Trinajstić information content (AvgIpc) is 2.57. The van der Waals surface area contributed by atoms with Gasteiger partial charge in [-0.2, -0.15) is 4.31 Å². The van der Waals surface area contributed by atoms with Crippen molar-refractivity contribution in [2.24, 2.45) is 0 Å². The van der Waals surface area contributed by atoms with Crippen LogP contribution in [0.25, 0.3) is 0 Å². The predicted octanol–water partition coefficient (Wildman–Crippen LogP) is 1.98. The highest BCUT2D eigenvalue weighted by molar-refractivity contribution is 7.89. The summed E-state index contributed by atoms with van der Waals surface area (Å²) >= 11 is 0. The Morgan fingerprint density at radius 3 is 2.64 bits per heavy atom. The van der Waals surface area contributed by atoms with E-state index in [-0.39, 0.29) is 11.4 Å². The van der Waals surface area contributed by atoms with Gasteiger partial charge in [0.2, 0.25) is 15.9 Å². The molecular weight excluding hydrogens is 302 g/mol. The van der Waals surface area contributed by atoms with E-state index in [9.17, 15) is 8.42 Å². The van der Waals surface area contributed by atoms with Crippen molar-refractivity contribution >= 4 is 10.0 Å².